The van der Waals surface area contributed by atoms with Gasteiger partial charge >= 0.3 is 7.12 Å². The molecule has 94 valence electrons. The van der Waals surface area contributed by atoms with E-state index in [1.807, 2.05) is 6.07 Å². The Balaban J connectivity index is 2.18. The molecule has 0 aromatic heterocycles. The molecule has 0 heterocycles. The molecule has 0 bridgehead atoms. The minimum absolute atomic E-state index is 0.202. The van der Waals surface area contributed by atoms with Crippen molar-refractivity contribution in [1.29, 1.82) is 5.26 Å². The van der Waals surface area contributed by atoms with Crippen LogP contribution in [0.5, 0.6) is 5.75 Å². The summed E-state index contributed by atoms with van der Waals surface area (Å²) in [7, 11) is -1.58. The van der Waals surface area contributed by atoms with E-state index in [0.29, 0.717) is 16.8 Å². The summed E-state index contributed by atoms with van der Waals surface area (Å²) in [6, 6.07) is 15.9. The molecule has 19 heavy (non-hydrogen) atoms. The van der Waals surface area contributed by atoms with Crippen molar-refractivity contribution in [2.45, 2.75) is 6.61 Å². The van der Waals surface area contributed by atoms with Gasteiger partial charge in [-0.2, -0.15) is 5.26 Å². The molecule has 0 unspecified atom stereocenters. The average Bonchev–Trinajstić information content (AvgIpc) is 2.45. The summed E-state index contributed by atoms with van der Waals surface area (Å²) in [5, 5.41) is 27.4. The number of benzene rings is 2. The Morgan fingerprint density at radius 2 is 1.74 bits per heavy atom. The third-order valence-corrected chi connectivity index (χ3v) is 2.72. The number of nitriles is 1. The molecule has 0 spiro atoms. The number of para-hydroxylation sites is 1. The number of nitrogens with zero attached hydrogens (tertiary/aromatic N) is 1. The molecule has 2 aromatic carbocycles. The Morgan fingerprint density at radius 1 is 1.05 bits per heavy atom. The summed E-state index contributed by atoms with van der Waals surface area (Å²) in [6.07, 6.45) is 0. The Morgan fingerprint density at radius 3 is 2.47 bits per heavy atom. The van der Waals surface area contributed by atoms with E-state index in [9.17, 15) is 10.0 Å². The van der Waals surface area contributed by atoms with Gasteiger partial charge in [0.05, 0.1) is 11.6 Å². The molecule has 0 amide bonds. The van der Waals surface area contributed by atoms with E-state index in [4.69, 9.17) is 10.00 Å². The molecule has 4 nitrogen and oxygen atoms in total. The SMILES string of the molecule is N#Cc1ccccc1COc1ccccc1B(O)O. The van der Waals surface area contributed by atoms with E-state index in [0.717, 1.165) is 5.56 Å². The Bertz CT molecular complexity index is 608. The highest BCUT2D eigenvalue weighted by molar-refractivity contribution is 6.59. The maximum atomic E-state index is 9.23. The molecule has 2 aromatic rings. The standard InChI is InChI=1S/C14H12BNO3/c16-9-11-5-1-2-6-12(11)10-19-14-8-4-3-7-13(14)15(17)18/h1-8,17-18H,10H2. The predicted octanol–water partition coefficient (Wildman–Crippen LogP) is 0.817. The van der Waals surface area contributed by atoms with Gasteiger partial charge in [-0.05, 0) is 12.1 Å². The minimum Gasteiger partial charge on any atom is -0.489 e. The first-order chi connectivity index (χ1) is 9.22. The quantitative estimate of drug-likeness (QED) is 0.791. The molecular formula is C14H12BNO3. The van der Waals surface area contributed by atoms with Gasteiger partial charge in [-0.15, -0.1) is 0 Å². The molecule has 2 rings (SSSR count). The van der Waals surface area contributed by atoms with Crippen LogP contribution in [0.1, 0.15) is 11.1 Å². The van der Waals surface area contributed by atoms with Crippen LogP contribution in [0.3, 0.4) is 0 Å². The molecule has 0 aliphatic heterocycles. The summed E-state index contributed by atoms with van der Waals surface area (Å²) >= 11 is 0. The van der Waals surface area contributed by atoms with Crippen LogP contribution in [0, 0.1) is 11.3 Å². The maximum Gasteiger partial charge on any atom is 0.492 e. The zero-order chi connectivity index (χ0) is 13.7. The van der Waals surface area contributed by atoms with Gasteiger partial charge in [-0.3, -0.25) is 0 Å². The highest BCUT2D eigenvalue weighted by Crippen LogP contribution is 2.13. The fourth-order valence-corrected chi connectivity index (χ4v) is 1.74. The Hall–Kier alpha value is -2.29. The zero-order valence-corrected chi connectivity index (χ0v) is 10.2. The van der Waals surface area contributed by atoms with Gasteiger partial charge in [0, 0.05) is 11.0 Å². The maximum absolute atomic E-state index is 9.23. The molecule has 0 aliphatic carbocycles. The first-order valence-electron chi connectivity index (χ1n) is 5.78. The van der Waals surface area contributed by atoms with Crippen molar-refractivity contribution in [2.24, 2.45) is 0 Å². The number of ether oxygens (including phenoxy) is 1. The van der Waals surface area contributed by atoms with Crippen LogP contribution in [0.15, 0.2) is 48.5 Å². The van der Waals surface area contributed by atoms with Gasteiger partial charge in [-0.25, -0.2) is 0 Å². The normalized spacial score (nSPS) is 9.74. The Labute approximate surface area is 111 Å². The molecule has 0 saturated carbocycles. The van der Waals surface area contributed by atoms with Crippen molar-refractivity contribution >= 4 is 12.6 Å². The molecule has 0 fully saturated rings. The molecule has 0 aliphatic rings. The summed E-state index contributed by atoms with van der Waals surface area (Å²) in [6.45, 7) is 0.202. The second kappa shape index (κ2) is 6.05. The van der Waals surface area contributed by atoms with E-state index in [1.165, 1.54) is 0 Å². The van der Waals surface area contributed by atoms with Gasteiger partial charge < -0.3 is 14.8 Å². The van der Waals surface area contributed by atoms with Gasteiger partial charge in [0.1, 0.15) is 12.4 Å². The van der Waals surface area contributed by atoms with Gasteiger partial charge in [0.25, 0.3) is 0 Å². The van der Waals surface area contributed by atoms with Crippen LogP contribution in [-0.4, -0.2) is 17.2 Å². The molecule has 0 radical (unpaired) electrons. The van der Waals surface area contributed by atoms with Crippen LogP contribution in [-0.2, 0) is 6.61 Å². The summed E-state index contributed by atoms with van der Waals surface area (Å²) in [5.41, 5.74) is 1.61. The van der Waals surface area contributed by atoms with Gasteiger partial charge in [-0.1, -0.05) is 36.4 Å². The lowest BCUT2D eigenvalue weighted by Gasteiger charge is -2.11. The lowest BCUT2D eigenvalue weighted by Crippen LogP contribution is -2.31. The fraction of sp³-hybridized carbons (Fsp3) is 0.0714. The first-order valence-corrected chi connectivity index (χ1v) is 5.78. The second-order valence-electron chi connectivity index (χ2n) is 3.97. The number of hydrogen-bond donors (Lipinski definition) is 2. The lowest BCUT2D eigenvalue weighted by molar-refractivity contribution is 0.306. The van der Waals surface area contributed by atoms with Crippen LogP contribution < -0.4 is 10.2 Å². The topological polar surface area (TPSA) is 73.5 Å². The number of hydrogen-bond acceptors (Lipinski definition) is 4. The highest BCUT2D eigenvalue weighted by atomic mass is 16.5. The average molecular weight is 253 g/mol. The van der Waals surface area contributed by atoms with Crippen molar-refractivity contribution in [1.82, 2.24) is 0 Å². The number of rotatable bonds is 4. The second-order valence-corrected chi connectivity index (χ2v) is 3.97. The van der Waals surface area contributed by atoms with Crippen LogP contribution in [0.4, 0.5) is 0 Å². The Kier molecular flexibility index (Phi) is 4.19. The van der Waals surface area contributed by atoms with Gasteiger partial charge in [0.2, 0.25) is 0 Å². The predicted molar refractivity (Wildman–Crippen MR) is 71.8 cm³/mol. The molecular weight excluding hydrogens is 241 g/mol. The van der Waals surface area contributed by atoms with Crippen LogP contribution >= 0.6 is 0 Å². The largest absolute Gasteiger partial charge is 0.492 e. The zero-order valence-electron chi connectivity index (χ0n) is 10.2. The van der Waals surface area contributed by atoms with E-state index in [-0.39, 0.29) is 6.61 Å². The summed E-state index contributed by atoms with van der Waals surface area (Å²) < 4.78 is 5.56. The van der Waals surface area contributed by atoms with Crippen LogP contribution in [0.2, 0.25) is 0 Å². The van der Waals surface area contributed by atoms with Gasteiger partial charge in [0.15, 0.2) is 0 Å². The monoisotopic (exact) mass is 253 g/mol. The van der Waals surface area contributed by atoms with Crippen molar-refractivity contribution < 1.29 is 14.8 Å². The van der Waals surface area contributed by atoms with E-state index < -0.39 is 7.12 Å². The van der Waals surface area contributed by atoms with Crippen molar-refractivity contribution in [3.63, 3.8) is 0 Å². The van der Waals surface area contributed by atoms with Crippen molar-refractivity contribution in [2.75, 3.05) is 0 Å². The van der Waals surface area contributed by atoms with E-state index in [2.05, 4.69) is 6.07 Å². The third-order valence-electron chi connectivity index (χ3n) is 2.72. The summed E-state index contributed by atoms with van der Waals surface area (Å²) in [5.74, 6) is 0.394. The first kappa shape index (κ1) is 13.2. The fourth-order valence-electron chi connectivity index (χ4n) is 1.74. The van der Waals surface area contributed by atoms with Crippen LogP contribution in [0.25, 0.3) is 0 Å². The summed E-state index contributed by atoms with van der Waals surface area (Å²) in [4.78, 5) is 0. The molecule has 2 N–H and O–H groups in total. The smallest absolute Gasteiger partial charge is 0.489 e. The molecule has 0 atom stereocenters. The third kappa shape index (κ3) is 3.13. The van der Waals surface area contributed by atoms with E-state index in [1.54, 1.807) is 42.5 Å². The molecule has 0 saturated heterocycles. The van der Waals surface area contributed by atoms with Crippen molar-refractivity contribution in [3.05, 3.63) is 59.7 Å². The lowest BCUT2D eigenvalue weighted by atomic mass is 9.79. The van der Waals surface area contributed by atoms with Crippen molar-refractivity contribution in [3.8, 4) is 11.8 Å². The minimum atomic E-state index is -1.58. The van der Waals surface area contributed by atoms with E-state index >= 15 is 0 Å². The molecule has 5 heteroatoms. The highest BCUT2D eigenvalue weighted by Gasteiger charge is 2.16.